The minimum absolute atomic E-state index is 0.157. The molecule has 94 valence electrons. The number of halogens is 1. The summed E-state index contributed by atoms with van der Waals surface area (Å²) in [6, 6.07) is 6.87. The van der Waals surface area contributed by atoms with Crippen molar-refractivity contribution in [2.75, 3.05) is 17.6 Å². The Balaban J connectivity index is 1.64. The number of hydrogen-bond donors (Lipinski definition) is 1. The van der Waals surface area contributed by atoms with Crippen molar-refractivity contribution in [1.82, 2.24) is 0 Å². The molecule has 0 saturated heterocycles. The molecule has 1 aliphatic rings. The summed E-state index contributed by atoms with van der Waals surface area (Å²) in [6.45, 7) is 0.849. The first kappa shape index (κ1) is 12.7. The summed E-state index contributed by atoms with van der Waals surface area (Å²) in [5, 5.41) is 4.00. The number of hydrogen-bond acceptors (Lipinski definition) is 2. The van der Waals surface area contributed by atoms with Gasteiger partial charge in [-0.15, -0.1) is 0 Å². The summed E-state index contributed by atoms with van der Waals surface area (Å²) >= 11 is 2.04. The van der Waals surface area contributed by atoms with Crippen molar-refractivity contribution in [3.8, 4) is 0 Å². The van der Waals surface area contributed by atoms with Gasteiger partial charge in [-0.2, -0.15) is 11.8 Å². The van der Waals surface area contributed by atoms with Gasteiger partial charge in [0.05, 0.1) is 5.69 Å². The SMILES string of the molecule is Fc1ccccc1NCCSC1CCCCC1. The lowest BCUT2D eigenvalue weighted by Gasteiger charge is -2.21. The van der Waals surface area contributed by atoms with Gasteiger partial charge in [0.1, 0.15) is 5.82 Å². The zero-order chi connectivity index (χ0) is 11.9. The van der Waals surface area contributed by atoms with Crippen molar-refractivity contribution >= 4 is 17.4 Å². The van der Waals surface area contributed by atoms with Crippen LogP contribution in [0.25, 0.3) is 0 Å². The zero-order valence-electron chi connectivity index (χ0n) is 10.1. The molecule has 0 aliphatic heterocycles. The van der Waals surface area contributed by atoms with E-state index in [1.807, 2.05) is 17.8 Å². The zero-order valence-corrected chi connectivity index (χ0v) is 10.9. The summed E-state index contributed by atoms with van der Waals surface area (Å²) in [4.78, 5) is 0. The molecule has 1 N–H and O–H groups in total. The van der Waals surface area contributed by atoms with Crippen LogP contribution in [0.5, 0.6) is 0 Å². The van der Waals surface area contributed by atoms with Crippen LogP contribution in [0.15, 0.2) is 24.3 Å². The van der Waals surface area contributed by atoms with E-state index in [0.717, 1.165) is 17.5 Å². The topological polar surface area (TPSA) is 12.0 Å². The second-order valence-corrected chi connectivity index (χ2v) is 5.95. The van der Waals surface area contributed by atoms with Gasteiger partial charge in [0.2, 0.25) is 0 Å². The minimum atomic E-state index is -0.157. The fourth-order valence-corrected chi connectivity index (χ4v) is 3.47. The van der Waals surface area contributed by atoms with Gasteiger partial charge in [-0.3, -0.25) is 0 Å². The standard InChI is InChI=1S/C14H20FNS/c15-13-8-4-5-9-14(13)16-10-11-17-12-6-2-1-3-7-12/h4-5,8-9,12,16H,1-3,6-7,10-11H2. The van der Waals surface area contributed by atoms with Crippen LogP contribution in [-0.2, 0) is 0 Å². The lowest BCUT2D eigenvalue weighted by atomic mass is 10.0. The third kappa shape index (κ3) is 4.23. The summed E-state index contributed by atoms with van der Waals surface area (Å²) in [5.41, 5.74) is 0.622. The van der Waals surface area contributed by atoms with Crippen LogP contribution in [-0.4, -0.2) is 17.5 Å². The molecule has 1 saturated carbocycles. The smallest absolute Gasteiger partial charge is 0.146 e. The van der Waals surface area contributed by atoms with Gasteiger partial charge in [0.25, 0.3) is 0 Å². The average Bonchev–Trinajstić information content (AvgIpc) is 2.38. The molecule has 1 aromatic rings. The van der Waals surface area contributed by atoms with Crippen LogP contribution in [0.4, 0.5) is 10.1 Å². The number of nitrogens with one attached hydrogen (secondary N) is 1. The Hall–Kier alpha value is -0.700. The van der Waals surface area contributed by atoms with Crippen molar-refractivity contribution in [2.24, 2.45) is 0 Å². The largest absolute Gasteiger partial charge is 0.382 e. The summed E-state index contributed by atoms with van der Waals surface area (Å²) in [6.07, 6.45) is 6.91. The Kier molecular flexibility index (Phi) is 5.17. The van der Waals surface area contributed by atoms with Gasteiger partial charge in [0.15, 0.2) is 0 Å². The Morgan fingerprint density at radius 3 is 2.71 bits per heavy atom. The predicted octanol–water partition coefficient (Wildman–Crippen LogP) is 4.30. The Morgan fingerprint density at radius 2 is 1.94 bits per heavy atom. The van der Waals surface area contributed by atoms with Crippen molar-refractivity contribution in [3.05, 3.63) is 30.1 Å². The van der Waals surface area contributed by atoms with Crippen LogP contribution in [0.3, 0.4) is 0 Å². The third-order valence-corrected chi connectivity index (χ3v) is 4.58. The van der Waals surface area contributed by atoms with Crippen molar-refractivity contribution < 1.29 is 4.39 Å². The molecular weight excluding hydrogens is 233 g/mol. The molecule has 0 aromatic heterocycles. The Labute approximate surface area is 107 Å². The maximum absolute atomic E-state index is 13.3. The van der Waals surface area contributed by atoms with E-state index in [1.165, 1.54) is 38.2 Å². The molecule has 0 amide bonds. The first-order chi connectivity index (χ1) is 8.36. The van der Waals surface area contributed by atoms with Gasteiger partial charge in [-0.05, 0) is 25.0 Å². The fraction of sp³-hybridized carbons (Fsp3) is 0.571. The van der Waals surface area contributed by atoms with E-state index in [0.29, 0.717) is 5.69 Å². The van der Waals surface area contributed by atoms with Crippen LogP contribution in [0.1, 0.15) is 32.1 Å². The number of para-hydroxylation sites is 1. The number of rotatable bonds is 5. The van der Waals surface area contributed by atoms with Crippen molar-refractivity contribution in [3.63, 3.8) is 0 Å². The lowest BCUT2D eigenvalue weighted by molar-refractivity contribution is 0.516. The molecule has 0 unspecified atom stereocenters. The Bertz CT molecular complexity index is 337. The molecule has 0 heterocycles. The number of benzene rings is 1. The monoisotopic (exact) mass is 253 g/mol. The number of anilines is 1. The number of thioether (sulfide) groups is 1. The highest BCUT2D eigenvalue weighted by Gasteiger charge is 2.12. The normalized spacial score (nSPS) is 17.0. The van der Waals surface area contributed by atoms with E-state index in [4.69, 9.17) is 0 Å². The highest BCUT2D eigenvalue weighted by Crippen LogP contribution is 2.27. The van der Waals surface area contributed by atoms with Gasteiger partial charge in [-0.25, -0.2) is 4.39 Å². The van der Waals surface area contributed by atoms with E-state index in [2.05, 4.69) is 5.32 Å². The molecule has 17 heavy (non-hydrogen) atoms. The molecule has 3 heteroatoms. The summed E-state index contributed by atoms with van der Waals surface area (Å²) < 4.78 is 13.3. The molecule has 0 spiro atoms. The van der Waals surface area contributed by atoms with E-state index >= 15 is 0 Å². The molecule has 0 bridgehead atoms. The first-order valence-corrected chi connectivity index (χ1v) is 7.51. The minimum Gasteiger partial charge on any atom is -0.382 e. The molecule has 1 aromatic carbocycles. The molecule has 0 radical (unpaired) electrons. The van der Waals surface area contributed by atoms with Crippen LogP contribution in [0, 0.1) is 5.82 Å². The van der Waals surface area contributed by atoms with Crippen molar-refractivity contribution in [1.29, 1.82) is 0 Å². The molecule has 1 aliphatic carbocycles. The maximum Gasteiger partial charge on any atom is 0.146 e. The second-order valence-electron chi connectivity index (χ2n) is 4.54. The quantitative estimate of drug-likeness (QED) is 0.785. The van der Waals surface area contributed by atoms with Gasteiger partial charge >= 0.3 is 0 Å². The second kappa shape index (κ2) is 6.90. The summed E-state index contributed by atoms with van der Waals surface area (Å²) in [5.74, 6) is 0.911. The first-order valence-electron chi connectivity index (χ1n) is 6.46. The molecule has 1 nitrogen and oxygen atoms in total. The van der Waals surface area contributed by atoms with Crippen molar-refractivity contribution in [2.45, 2.75) is 37.4 Å². The summed E-state index contributed by atoms with van der Waals surface area (Å²) in [7, 11) is 0. The molecule has 2 rings (SSSR count). The van der Waals surface area contributed by atoms with E-state index in [-0.39, 0.29) is 5.82 Å². The fourth-order valence-electron chi connectivity index (χ4n) is 2.25. The average molecular weight is 253 g/mol. The van der Waals surface area contributed by atoms with Gasteiger partial charge < -0.3 is 5.32 Å². The van der Waals surface area contributed by atoms with Crippen LogP contribution in [0.2, 0.25) is 0 Å². The molecular formula is C14H20FNS. The van der Waals surface area contributed by atoms with Gasteiger partial charge in [0, 0.05) is 17.5 Å². The highest BCUT2D eigenvalue weighted by molar-refractivity contribution is 7.99. The van der Waals surface area contributed by atoms with Crippen LogP contribution < -0.4 is 5.32 Å². The Morgan fingerprint density at radius 1 is 1.18 bits per heavy atom. The van der Waals surface area contributed by atoms with E-state index in [1.54, 1.807) is 12.1 Å². The maximum atomic E-state index is 13.3. The predicted molar refractivity (Wildman–Crippen MR) is 74.2 cm³/mol. The molecule has 0 atom stereocenters. The molecule has 1 fully saturated rings. The lowest BCUT2D eigenvalue weighted by Crippen LogP contribution is -2.12. The van der Waals surface area contributed by atoms with E-state index < -0.39 is 0 Å². The highest BCUT2D eigenvalue weighted by atomic mass is 32.2. The third-order valence-electron chi connectivity index (χ3n) is 3.20. The van der Waals surface area contributed by atoms with E-state index in [9.17, 15) is 4.39 Å². The van der Waals surface area contributed by atoms with Crippen LogP contribution >= 0.6 is 11.8 Å². The van der Waals surface area contributed by atoms with Gasteiger partial charge in [-0.1, -0.05) is 31.4 Å².